The third-order valence-electron chi connectivity index (χ3n) is 2.26. The molecule has 0 saturated carbocycles. The Morgan fingerprint density at radius 2 is 2.29 bits per heavy atom. The van der Waals surface area contributed by atoms with Crippen LogP contribution in [0, 0.1) is 11.2 Å². The van der Waals surface area contributed by atoms with Gasteiger partial charge in [-0.05, 0) is 23.8 Å². The summed E-state index contributed by atoms with van der Waals surface area (Å²) in [5.74, 6) is 1.18. The molecule has 0 unspecified atom stereocenters. The van der Waals surface area contributed by atoms with Crippen molar-refractivity contribution in [2.45, 2.75) is 12.2 Å². The van der Waals surface area contributed by atoms with Gasteiger partial charge in [-0.25, -0.2) is 4.39 Å². The van der Waals surface area contributed by atoms with Crippen LogP contribution in [0.3, 0.4) is 0 Å². The van der Waals surface area contributed by atoms with E-state index in [9.17, 15) is 4.39 Å². The number of thioether (sulfide) groups is 1. The fraction of sp³-hybridized carbons (Fsp3) is 0.417. The Kier molecular flexibility index (Phi) is 6.00. The van der Waals surface area contributed by atoms with Crippen LogP contribution >= 0.6 is 11.8 Å². The number of methoxy groups -OCH3 is 1. The minimum atomic E-state index is -0.294. The zero-order valence-electron chi connectivity index (χ0n) is 9.83. The van der Waals surface area contributed by atoms with Gasteiger partial charge in [0.1, 0.15) is 11.7 Å². The van der Waals surface area contributed by atoms with Crippen molar-refractivity contribution in [1.29, 1.82) is 5.41 Å². The summed E-state index contributed by atoms with van der Waals surface area (Å²) in [6.45, 7) is 0.735. The highest BCUT2D eigenvalue weighted by molar-refractivity contribution is 7.98. The Labute approximate surface area is 105 Å². The summed E-state index contributed by atoms with van der Waals surface area (Å²) in [6, 6.07) is 4.68. The summed E-state index contributed by atoms with van der Waals surface area (Å²) in [5.41, 5.74) is 6.36. The summed E-state index contributed by atoms with van der Waals surface area (Å²) in [5, 5.41) is 7.21. The molecule has 0 atom stereocenters. The van der Waals surface area contributed by atoms with Gasteiger partial charge in [-0.1, -0.05) is 12.1 Å². The lowest BCUT2D eigenvalue weighted by molar-refractivity contribution is 0.200. The summed E-state index contributed by atoms with van der Waals surface area (Å²) in [6.07, 6.45) is 0.967. The van der Waals surface area contributed by atoms with Crippen LogP contribution in [0.2, 0.25) is 0 Å². The molecule has 17 heavy (non-hydrogen) atoms. The molecule has 0 heterocycles. The van der Waals surface area contributed by atoms with E-state index in [1.807, 2.05) is 0 Å². The average Bonchev–Trinajstić information content (AvgIpc) is 2.30. The predicted octanol–water partition coefficient (Wildman–Crippen LogP) is 2.38. The Hall–Kier alpha value is -1.07. The van der Waals surface area contributed by atoms with Crippen molar-refractivity contribution in [3.63, 3.8) is 0 Å². The van der Waals surface area contributed by atoms with Crippen LogP contribution in [0.4, 0.5) is 4.39 Å². The molecule has 5 heteroatoms. The average molecular weight is 256 g/mol. The number of benzene rings is 1. The lowest BCUT2D eigenvalue weighted by Crippen LogP contribution is -2.11. The molecule has 3 nitrogen and oxygen atoms in total. The molecule has 0 aliphatic rings. The molecule has 0 spiro atoms. The quantitative estimate of drug-likeness (QED) is 0.447. The number of hydrogen-bond donors (Lipinski definition) is 2. The number of nitrogens with two attached hydrogens (primary N) is 1. The SMILES string of the molecule is COCCCSCc1ccc(C(=N)N)cc1F. The van der Waals surface area contributed by atoms with Gasteiger partial charge in [0.25, 0.3) is 0 Å². The van der Waals surface area contributed by atoms with E-state index in [4.69, 9.17) is 15.9 Å². The van der Waals surface area contributed by atoms with Crippen molar-refractivity contribution in [2.24, 2.45) is 5.73 Å². The topological polar surface area (TPSA) is 59.1 Å². The Balaban J connectivity index is 2.46. The first-order chi connectivity index (χ1) is 8.15. The Bertz CT molecular complexity index is 385. The second-order valence-corrected chi connectivity index (χ2v) is 4.72. The molecule has 1 rings (SSSR count). The zero-order valence-corrected chi connectivity index (χ0v) is 10.6. The third-order valence-corrected chi connectivity index (χ3v) is 3.35. The van der Waals surface area contributed by atoms with E-state index >= 15 is 0 Å². The number of ether oxygens (including phenoxy) is 1. The summed E-state index contributed by atoms with van der Waals surface area (Å²) < 4.78 is 18.5. The molecule has 0 aromatic heterocycles. The highest BCUT2D eigenvalue weighted by atomic mass is 32.2. The van der Waals surface area contributed by atoms with Crippen molar-refractivity contribution in [3.8, 4) is 0 Å². The molecule has 3 N–H and O–H groups in total. The number of halogens is 1. The molecule has 0 amide bonds. The lowest BCUT2D eigenvalue weighted by atomic mass is 10.1. The molecular formula is C12H17FN2OS. The van der Waals surface area contributed by atoms with Gasteiger partial charge in [-0.3, -0.25) is 5.41 Å². The van der Waals surface area contributed by atoms with Gasteiger partial charge in [0.05, 0.1) is 0 Å². The van der Waals surface area contributed by atoms with Crippen LogP contribution in [0.1, 0.15) is 17.5 Å². The van der Waals surface area contributed by atoms with Gasteiger partial charge >= 0.3 is 0 Å². The molecule has 0 radical (unpaired) electrons. The van der Waals surface area contributed by atoms with Gasteiger partial charge < -0.3 is 10.5 Å². The first kappa shape index (κ1) is 14.0. The zero-order chi connectivity index (χ0) is 12.7. The molecule has 1 aromatic rings. The minimum Gasteiger partial charge on any atom is -0.385 e. The monoisotopic (exact) mass is 256 g/mol. The maximum atomic E-state index is 13.6. The van der Waals surface area contributed by atoms with Crippen LogP contribution < -0.4 is 5.73 Å². The van der Waals surface area contributed by atoms with E-state index in [2.05, 4.69) is 0 Å². The molecule has 94 valence electrons. The Morgan fingerprint density at radius 1 is 1.53 bits per heavy atom. The van der Waals surface area contributed by atoms with Gasteiger partial charge in [0.2, 0.25) is 0 Å². The summed E-state index contributed by atoms with van der Waals surface area (Å²) in [7, 11) is 1.67. The van der Waals surface area contributed by atoms with Gasteiger partial charge in [-0.15, -0.1) is 0 Å². The van der Waals surface area contributed by atoms with Crippen molar-refractivity contribution in [3.05, 3.63) is 35.1 Å². The maximum absolute atomic E-state index is 13.6. The van der Waals surface area contributed by atoms with E-state index in [-0.39, 0.29) is 11.7 Å². The molecule has 1 aromatic carbocycles. The summed E-state index contributed by atoms with van der Waals surface area (Å²) >= 11 is 1.67. The van der Waals surface area contributed by atoms with Crippen molar-refractivity contribution >= 4 is 17.6 Å². The maximum Gasteiger partial charge on any atom is 0.127 e. The normalized spacial score (nSPS) is 10.5. The number of rotatable bonds is 7. The molecular weight excluding hydrogens is 239 g/mol. The molecule has 0 fully saturated rings. The smallest absolute Gasteiger partial charge is 0.127 e. The van der Waals surface area contributed by atoms with E-state index in [1.165, 1.54) is 6.07 Å². The fourth-order valence-electron chi connectivity index (χ4n) is 1.32. The first-order valence-electron chi connectivity index (χ1n) is 5.34. The highest BCUT2D eigenvalue weighted by Crippen LogP contribution is 2.17. The third kappa shape index (κ3) is 4.75. The molecule has 0 aliphatic carbocycles. The van der Waals surface area contributed by atoms with Crippen molar-refractivity contribution in [2.75, 3.05) is 19.5 Å². The summed E-state index contributed by atoms with van der Waals surface area (Å²) in [4.78, 5) is 0. The number of amidine groups is 1. The van der Waals surface area contributed by atoms with Crippen molar-refractivity contribution < 1.29 is 9.13 Å². The second-order valence-electron chi connectivity index (χ2n) is 3.62. The van der Waals surface area contributed by atoms with E-state index in [1.54, 1.807) is 31.0 Å². The second kappa shape index (κ2) is 7.29. The molecule has 0 aliphatic heterocycles. The van der Waals surface area contributed by atoms with E-state index < -0.39 is 0 Å². The van der Waals surface area contributed by atoms with Crippen LogP contribution in [0.15, 0.2) is 18.2 Å². The number of hydrogen-bond acceptors (Lipinski definition) is 3. The fourth-order valence-corrected chi connectivity index (χ4v) is 2.24. The number of nitrogens with one attached hydrogen (secondary N) is 1. The van der Waals surface area contributed by atoms with Gasteiger partial charge in [0, 0.05) is 25.0 Å². The van der Waals surface area contributed by atoms with E-state index in [0.717, 1.165) is 18.8 Å². The molecule has 0 bridgehead atoms. The van der Waals surface area contributed by atoms with Crippen LogP contribution in [-0.2, 0) is 10.5 Å². The van der Waals surface area contributed by atoms with Crippen molar-refractivity contribution in [1.82, 2.24) is 0 Å². The van der Waals surface area contributed by atoms with Crippen LogP contribution in [-0.4, -0.2) is 25.3 Å². The van der Waals surface area contributed by atoms with E-state index in [0.29, 0.717) is 16.9 Å². The predicted molar refractivity (Wildman–Crippen MR) is 70.1 cm³/mol. The lowest BCUT2D eigenvalue weighted by Gasteiger charge is -2.05. The van der Waals surface area contributed by atoms with Crippen LogP contribution in [0.25, 0.3) is 0 Å². The minimum absolute atomic E-state index is 0.108. The standard InChI is InChI=1S/C12H17FN2OS/c1-16-5-2-6-17-8-10-4-3-9(12(14)15)7-11(10)13/h3-4,7H,2,5-6,8H2,1H3,(H3,14,15). The van der Waals surface area contributed by atoms with Gasteiger partial charge in [0.15, 0.2) is 0 Å². The number of nitrogen functional groups attached to an aromatic ring is 1. The first-order valence-corrected chi connectivity index (χ1v) is 6.50. The van der Waals surface area contributed by atoms with Crippen LogP contribution in [0.5, 0.6) is 0 Å². The highest BCUT2D eigenvalue weighted by Gasteiger charge is 2.05. The largest absolute Gasteiger partial charge is 0.385 e. The Morgan fingerprint density at radius 3 is 2.88 bits per heavy atom. The van der Waals surface area contributed by atoms with Gasteiger partial charge in [-0.2, -0.15) is 11.8 Å². The molecule has 0 saturated heterocycles.